The van der Waals surface area contributed by atoms with Crippen molar-refractivity contribution in [3.8, 4) is 0 Å². The van der Waals surface area contributed by atoms with Gasteiger partial charge < -0.3 is 10.2 Å². The Morgan fingerprint density at radius 1 is 1.25 bits per heavy atom. The summed E-state index contributed by atoms with van der Waals surface area (Å²) < 4.78 is 0. The van der Waals surface area contributed by atoms with E-state index in [4.69, 9.17) is 11.6 Å². The van der Waals surface area contributed by atoms with Crippen LogP contribution >= 0.6 is 11.6 Å². The van der Waals surface area contributed by atoms with E-state index in [2.05, 4.69) is 5.32 Å². The van der Waals surface area contributed by atoms with Crippen LogP contribution in [0.4, 0.5) is 4.79 Å². The SMILES string of the molecule is O=C1NCCN1C1(c2ccc(Cl)cc2)CC1. The quantitative estimate of drug-likeness (QED) is 0.840. The molecule has 84 valence electrons. The molecule has 2 aliphatic rings. The van der Waals surface area contributed by atoms with Crippen molar-refractivity contribution >= 4 is 17.6 Å². The van der Waals surface area contributed by atoms with Crippen molar-refractivity contribution in [2.75, 3.05) is 13.1 Å². The van der Waals surface area contributed by atoms with E-state index in [0.717, 1.165) is 31.0 Å². The molecule has 0 bridgehead atoms. The van der Waals surface area contributed by atoms with Gasteiger partial charge in [0.05, 0.1) is 5.54 Å². The van der Waals surface area contributed by atoms with E-state index in [0.29, 0.717) is 0 Å². The lowest BCUT2D eigenvalue weighted by molar-refractivity contribution is 0.190. The highest BCUT2D eigenvalue weighted by atomic mass is 35.5. The lowest BCUT2D eigenvalue weighted by Crippen LogP contribution is -2.38. The lowest BCUT2D eigenvalue weighted by Gasteiger charge is -2.27. The molecule has 1 aliphatic carbocycles. The largest absolute Gasteiger partial charge is 0.336 e. The van der Waals surface area contributed by atoms with Gasteiger partial charge in [0.2, 0.25) is 0 Å². The fourth-order valence-corrected chi connectivity index (χ4v) is 2.60. The first-order valence-corrected chi connectivity index (χ1v) is 5.92. The maximum atomic E-state index is 11.7. The Labute approximate surface area is 99.4 Å². The second-order valence-corrected chi connectivity index (χ2v) is 4.86. The van der Waals surface area contributed by atoms with Crippen LogP contribution in [0.25, 0.3) is 0 Å². The molecule has 1 saturated carbocycles. The van der Waals surface area contributed by atoms with E-state index in [1.807, 2.05) is 29.2 Å². The molecule has 1 N–H and O–H groups in total. The fourth-order valence-electron chi connectivity index (χ4n) is 2.47. The molecule has 2 fully saturated rings. The zero-order valence-electron chi connectivity index (χ0n) is 8.87. The van der Waals surface area contributed by atoms with Crippen molar-refractivity contribution in [1.29, 1.82) is 0 Å². The first kappa shape index (κ1) is 9.97. The molecule has 3 nitrogen and oxygen atoms in total. The minimum atomic E-state index is -0.0504. The molecule has 0 radical (unpaired) electrons. The highest BCUT2D eigenvalue weighted by molar-refractivity contribution is 6.30. The van der Waals surface area contributed by atoms with Crippen LogP contribution in [-0.2, 0) is 5.54 Å². The summed E-state index contributed by atoms with van der Waals surface area (Å²) in [5.74, 6) is 0. The molecule has 1 aromatic carbocycles. The topological polar surface area (TPSA) is 32.3 Å². The second-order valence-electron chi connectivity index (χ2n) is 4.42. The van der Waals surface area contributed by atoms with Gasteiger partial charge in [-0.1, -0.05) is 23.7 Å². The van der Waals surface area contributed by atoms with E-state index in [9.17, 15) is 4.79 Å². The molecular formula is C12H13ClN2O. The number of nitrogens with zero attached hydrogens (tertiary/aromatic N) is 1. The molecule has 1 heterocycles. The molecule has 16 heavy (non-hydrogen) atoms. The van der Waals surface area contributed by atoms with Crippen LogP contribution in [0.5, 0.6) is 0 Å². The zero-order chi connectivity index (χ0) is 11.2. The first-order valence-electron chi connectivity index (χ1n) is 5.54. The number of nitrogens with one attached hydrogen (secondary N) is 1. The molecule has 0 unspecified atom stereocenters. The summed E-state index contributed by atoms with van der Waals surface area (Å²) in [7, 11) is 0. The minimum absolute atomic E-state index is 0.0504. The average molecular weight is 237 g/mol. The van der Waals surface area contributed by atoms with Gasteiger partial charge >= 0.3 is 6.03 Å². The summed E-state index contributed by atoms with van der Waals surface area (Å²) in [6.07, 6.45) is 2.12. The Morgan fingerprint density at radius 2 is 1.94 bits per heavy atom. The molecule has 3 rings (SSSR count). The van der Waals surface area contributed by atoms with Gasteiger partial charge in [-0.05, 0) is 30.5 Å². The van der Waals surface area contributed by atoms with Crippen LogP contribution < -0.4 is 5.32 Å². The van der Waals surface area contributed by atoms with Crippen molar-refractivity contribution in [3.05, 3.63) is 34.9 Å². The Morgan fingerprint density at radius 3 is 2.44 bits per heavy atom. The van der Waals surface area contributed by atoms with Crippen LogP contribution in [-0.4, -0.2) is 24.0 Å². The summed E-state index contributed by atoms with van der Waals surface area (Å²) in [5, 5.41) is 3.60. The molecule has 2 amide bonds. The molecule has 0 aromatic heterocycles. The predicted octanol–water partition coefficient (Wildman–Crippen LogP) is 2.35. The third-order valence-electron chi connectivity index (χ3n) is 3.48. The van der Waals surface area contributed by atoms with Crippen LogP contribution in [0.3, 0.4) is 0 Å². The van der Waals surface area contributed by atoms with Gasteiger partial charge in [0.25, 0.3) is 0 Å². The minimum Gasteiger partial charge on any atom is -0.336 e. The number of benzene rings is 1. The molecule has 1 aromatic rings. The van der Waals surface area contributed by atoms with Gasteiger partial charge in [-0.15, -0.1) is 0 Å². The monoisotopic (exact) mass is 236 g/mol. The highest BCUT2D eigenvalue weighted by Gasteiger charge is 2.52. The van der Waals surface area contributed by atoms with E-state index in [1.54, 1.807) is 0 Å². The summed E-state index contributed by atoms with van der Waals surface area (Å²) in [6, 6.07) is 7.91. The lowest BCUT2D eigenvalue weighted by atomic mass is 10.0. The standard InChI is InChI=1S/C12H13ClN2O/c13-10-3-1-9(2-4-10)12(5-6-12)15-8-7-14-11(15)16/h1-4H,5-8H2,(H,14,16). The van der Waals surface area contributed by atoms with Gasteiger partial charge in [-0.2, -0.15) is 0 Å². The maximum Gasteiger partial charge on any atom is 0.318 e. The number of amides is 2. The van der Waals surface area contributed by atoms with Gasteiger partial charge in [0, 0.05) is 18.1 Å². The Kier molecular flexibility index (Phi) is 2.11. The Bertz CT molecular complexity index is 425. The second kappa shape index (κ2) is 3.39. The van der Waals surface area contributed by atoms with E-state index < -0.39 is 0 Å². The molecule has 0 spiro atoms. The molecule has 1 aliphatic heterocycles. The highest BCUT2D eigenvalue weighted by Crippen LogP contribution is 2.51. The zero-order valence-corrected chi connectivity index (χ0v) is 9.63. The Balaban J connectivity index is 1.93. The van der Waals surface area contributed by atoms with Crippen LogP contribution in [0.2, 0.25) is 5.02 Å². The normalized spacial score (nSPS) is 22.1. The predicted molar refractivity (Wildman–Crippen MR) is 62.5 cm³/mol. The van der Waals surface area contributed by atoms with E-state index >= 15 is 0 Å². The van der Waals surface area contributed by atoms with Crippen molar-refractivity contribution < 1.29 is 4.79 Å². The summed E-state index contributed by atoms with van der Waals surface area (Å²) in [6.45, 7) is 1.57. The third-order valence-corrected chi connectivity index (χ3v) is 3.73. The first-order chi connectivity index (χ1) is 7.72. The number of urea groups is 1. The van der Waals surface area contributed by atoms with Gasteiger partial charge in [-0.25, -0.2) is 4.79 Å². The smallest absolute Gasteiger partial charge is 0.318 e. The summed E-state index contributed by atoms with van der Waals surface area (Å²) >= 11 is 5.88. The summed E-state index contributed by atoms with van der Waals surface area (Å²) in [5.41, 5.74) is 1.15. The van der Waals surface area contributed by atoms with Gasteiger partial charge in [0.15, 0.2) is 0 Å². The molecule has 1 saturated heterocycles. The number of hydrogen-bond donors (Lipinski definition) is 1. The number of hydrogen-bond acceptors (Lipinski definition) is 1. The number of carbonyl (C=O) groups excluding carboxylic acids is 1. The third kappa shape index (κ3) is 1.39. The van der Waals surface area contributed by atoms with Gasteiger partial charge in [-0.3, -0.25) is 0 Å². The van der Waals surface area contributed by atoms with Crippen molar-refractivity contribution in [2.45, 2.75) is 18.4 Å². The van der Waals surface area contributed by atoms with Crippen LogP contribution in [0.1, 0.15) is 18.4 Å². The van der Waals surface area contributed by atoms with Crippen molar-refractivity contribution in [3.63, 3.8) is 0 Å². The number of halogens is 1. The number of rotatable bonds is 2. The Hall–Kier alpha value is -1.22. The number of carbonyl (C=O) groups is 1. The van der Waals surface area contributed by atoms with Crippen molar-refractivity contribution in [2.24, 2.45) is 0 Å². The summed E-state index contributed by atoms with van der Waals surface area (Å²) in [4.78, 5) is 13.6. The van der Waals surface area contributed by atoms with Crippen LogP contribution in [0.15, 0.2) is 24.3 Å². The van der Waals surface area contributed by atoms with Crippen LogP contribution in [0, 0.1) is 0 Å². The molecule has 4 heteroatoms. The fraction of sp³-hybridized carbons (Fsp3) is 0.417. The molecule has 0 atom stereocenters. The average Bonchev–Trinajstić information content (AvgIpc) is 2.97. The van der Waals surface area contributed by atoms with Crippen molar-refractivity contribution in [1.82, 2.24) is 10.2 Å². The van der Waals surface area contributed by atoms with E-state index in [1.165, 1.54) is 5.56 Å². The maximum absolute atomic E-state index is 11.7. The van der Waals surface area contributed by atoms with Gasteiger partial charge in [0.1, 0.15) is 0 Å². The molecular weight excluding hydrogens is 224 g/mol. The van der Waals surface area contributed by atoms with E-state index in [-0.39, 0.29) is 11.6 Å².